The van der Waals surface area contributed by atoms with Crippen LogP contribution in [0.5, 0.6) is 0 Å². The summed E-state index contributed by atoms with van der Waals surface area (Å²) in [7, 11) is 0. The third-order valence-electron chi connectivity index (χ3n) is 2.71. The van der Waals surface area contributed by atoms with E-state index >= 15 is 0 Å². The number of carbonyl (C=O) groups is 1. The molecule has 0 fully saturated rings. The number of amides is 1. The third-order valence-corrected chi connectivity index (χ3v) is 3.65. The standard InChI is InChI=1S/C14H15ClN2OS/c1-10(8-11-2-4-12(15)5-3-11)9-13(18)17-14-16-6-7-19-14/h2-7,10H,8-9H2,1H3,(H,16,17,18). The first-order valence-corrected chi connectivity index (χ1v) is 7.33. The second-order valence-electron chi connectivity index (χ2n) is 4.53. The largest absolute Gasteiger partial charge is 0.302 e. The maximum atomic E-state index is 11.8. The number of carbonyl (C=O) groups excluding carboxylic acids is 1. The molecule has 5 heteroatoms. The van der Waals surface area contributed by atoms with Gasteiger partial charge in [0.2, 0.25) is 5.91 Å². The molecular weight excluding hydrogens is 280 g/mol. The Labute approximate surface area is 121 Å². The lowest BCUT2D eigenvalue weighted by molar-refractivity contribution is -0.116. The van der Waals surface area contributed by atoms with Gasteiger partial charge in [0.05, 0.1) is 0 Å². The van der Waals surface area contributed by atoms with E-state index in [1.807, 2.05) is 29.6 Å². The average Bonchev–Trinajstić information content (AvgIpc) is 2.84. The number of nitrogens with one attached hydrogen (secondary N) is 1. The van der Waals surface area contributed by atoms with E-state index < -0.39 is 0 Å². The number of thiazole rings is 1. The first-order valence-electron chi connectivity index (χ1n) is 6.07. The van der Waals surface area contributed by atoms with Crippen LogP contribution in [0.15, 0.2) is 35.8 Å². The van der Waals surface area contributed by atoms with Gasteiger partial charge in [-0.3, -0.25) is 4.79 Å². The van der Waals surface area contributed by atoms with Crippen molar-refractivity contribution in [3.63, 3.8) is 0 Å². The minimum Gasteiger partial charge on any atom is -0.302 e. The molecule has 1 amide bonds. The van der Waals surface area contributed by atoms with E-state index in [1.165, 1.54) is 16.9 Å². The van der Waals surface area contributed by atoms with E-state index in [9.17, 15) is 4.79 Å². The number of aromatic nitrogens is 1. The van der Waals surface area contributed by atoms with Crippen LogP contribution >= 0.6 is 22.9 Å². The molecule has 0 aliphatic rings. The summed E-state index contributed by atoms with van der Waals surface area (Å²) in [6, 6.07) is 7.74. The molecule has 0 saturated carbocycles. The van der Waals surface area contributed by atoms with Gasteiger partial charge in [0, 0.05) is 23.0 Å². The number of hydrogen-bond acceptors (Lipinski definition) is 3. The lowest BCUT2D eigenvalue weighted by atomic mass is 9.98. The zero-order valence-electron chi connectivity index (χ0n) is 10.6. The molecule has 0 saturated heterocycles. The van der Waals surface area contributed by atoms with Crippen molar-refractivity contribution in [1.82, 2.24) is 4.98 Å². The van der Waals surface area contributed by atoms with Gasteiger partial charge < -0.3 is 5.32 Å². The molecule has 1 aromatic heterocycles. The van der Waals surface area contributed by atoms with Crippen LogP contribution in [0.4, 0.5) is 5.13 Å². The molecule has 3 nitrogen and oxygen atoms in total. The SMILES string of the molecule is CC(CC(=O)Nc1nccs1)Cc1ccc(Cl)cc1. The summed E-state index contributed by atoms with van der Waals surface area (Å²) in [5.74, 6) is 0.289. The number of halogens is 1. The molecule has 1 unspecified atom stereocenters. The highest BCUT2D eigenvalue weighted by atomic mass is 35.5. The van der Waals surface area contributed by atoms with Gasteiger partial charge in [0.1, 0.15) is 0 Å². The molecule has 0 bridgehead atoms. The summed E-state index contributed by atoms with van der Waals surface area (Å²) in [4.78, 5) is 15.8. The van der Waals surface area contributed by atoms with Gasteiger partial charge >= 0.3 is 0 Å². The predicted molar refractivity (Wildman–Crippen MR) is 79.7 cm³/mol. The molecule has 2 aromatic rings. The molecule has 0 aliphatic carbocycles. The molecule has 1 atom stereocenters. The van der Waals surface area contributed by atoms with Crippen molar-refractivity contribution in [2.45, 2.75) is 19.8 Å². The third kappa shape index (κ3) is 4.65. The Morgan fingerprint density at radius 2 is 2.16 bits per heavy atom. The van der Waals surface area contributed by atoms with Crippen LogP contribution in [0.3, 0.4) is 0 Å². The minimum atomic E-state index is 0.0106. The summed E-state index contributed by atoms with van der Waals surface area (Å²) < 4.78 is 0. The number of hydrogen-bond donors (Lipinski definition) is 1. The summed E-state index contributed by atoms with van der Waals surface area (Å²) in [5.41, 5.74) is 1.19. The van der Waals surface area contributed by atoms with Crippen LogP contribution in [0.1, 0.15) is 18.9 Å². The Morgan fingerprint density at radius 3 is 2.79 bits per heavy atom. The van der Waals surface area contributed by atoms with Crippen LogP contribution in [-0.2, 0) is 11.2 Å². The molecule has 0 radical (unpaired) electrons. The fourth-order valence-corrected chi connectivity index (χ4v) is 2.54. The molecule has 1 heterocycles. The van der Waals surface area contributed by atoms with Crippen molar-refractivity contribution >= 4 is 34.0 Å². The first-order chi connectivity index (χ1) is 9.13. The molecule has 1 aromatic carbocycles. The molecule has 100 valence electrons. The topological polar surface area (TPSA) is 42.0 Å². The second kappa shape index (κ2) is 6.68. The molecule has 0 spiro atoms. The Kier molecular flexibility index (Phi) is 4.93. The molecule has 2 rings (SSSR count). The van der Waals surface area contributed by atoms with Crippen molar-refractivity contribution < 1.29 is 4.79 Å². The van der Waals surface area contributed by atoms with Crippen LogP contribution in [-0.4, -0.2) is 10.9 Å². The van der Waals surface area contributed by atoms with E-state index in [-0.39, 0.29) is 11.8 Å². The highest BCUT2D eigenvalue weighted by Gasteiger charge is 2.11. The van der Waals surface area contributed by atoms with Crippen LogP contribution in [0.25, 0.3) is 0 Å². The average molecular weight is 295 g/mol. The van der Waals surface area contributed by atoms with Gasteiger partial charge in [0.25, 0.3) is 0 Å². The van der Waals surface area contributed by atoms with Gasteiger partial charge in [-0.2, -0.15) is 0 Å². The van der Waals surface area contributed by atoms with Gasteiger partial charge in [-0.1, -0.05) is 30.7 Å². The maximum absolute atomic E-state index is 11.8. The Balaban J connectivity index is 1.82. The van der Waals surface area contributed by atoms with E-state index in [0.717, 1.165) is 11.4 Å². The smallest absolute Gasteiger partial charge is 0.226 e. The second-order valence-corrected chi connectivity index (χ2v) is 5.86. The number of nitrogens with zero attached hydrogens (tertiary/aromatic N) is 1. The van der Waals surface area contributed by atoms with Crippen LogP contribution < -0.4 is 5.32 Å². The normalized spacial score (nSPS) is 12.1. The highest BCUT2D eigenvalue weighted by molar-refractivity contribution is 7.13. The van der Waals surface area contributed by atoms with Crippen molar-refractivity contribution in [2.24, 2.45) is 5.92 Å². The lowest BCUT2D eigenvalue weighted by Crippen LogP contribution is -2.16. The van der Waals surface area contributed by atoms with Crippen molar-refractivity contribution in [3.8, 4) is 0 Å². The summed E-state index contributed by atoms with van der Waals surface area (Å²) >= 11 is 7.27. The zero-order valence-corrected chi connectivity index (χ0v) is 12.2. The molecule has 1 N–H and O–H groups in total. The molecule has 0 aliphatic heterocycles. The van der Waals surface area contributed by atoms with E-state index in [0.29, 0.717) is 11.6 Å². The summed E-state index contributed by atoms with van der Waals surface area (Å²) in [6.45, 7) is 2.07. The Morgan fingerprint density at radius 1 is 1.42 bits per heavy atom. The van der Waals surface area contributed by atoms with Crippen molar-refractivity contribution in [1.29, 1.82) is 0 Å². The molecule has 19 heavy (non-hydrogen) atoms. The number of rotatable bonds is 5. The van der Waals surface area contributed by atoms with Crippen molar-refractivity contribution in [2.75, 3.05) is 5.32 Å². The van der Waals surface area contributed by atoms with Crippen LogP contribution in [0, 0.1) is 5.92 Å². The summed E-state index contributed by atoms with van der Waals surface area (Å²) in [5, 5.41) is 6.03. The number of benzene rings is 1. The Hall–Kier alpha value is -1.39. The minimum absolute atomic E-state index is 0.0106. The van der Waals surface area contributed by atoms with Crippen LogP contribution in [0.2, 0.25) is 5.02 Å². The van der Waals surface area contributed by atoms with E-state index in [4.69, 9.17) is 11.6 Å². The predicted octanol–water partition coefficient (Wildman–Crippen LogP) is 4.00. The maximum Gasteiger partial charge on any atom is 0.226 e. The zero-order chi connectivity index (χ0) is 13.7. The quantitative estimate of drug-likeness (QED) is 0.905. The summed E-state index contributed by atoms with van der Waals surface area (Å²) in [6.07, 6.45) is 3.03. The van der Waals surface area contributed by atoms with Gasteiger partial charge in [-0.05, 0) is 30.0 Å². The van der Waals surface area contributed by atoms with Crippen molar-refractivity contribution in [3.05, 3.63) is 46.4 Å². The van der Waals surface area contributed by atoms with Gasteiger partial charge in [-0.25, -0.2) is 4.98 Å². The highest BCUT2D eigenvalue weighted by Crippen LogP contribution is 2.16. The Bertz CT molecular complexity index is 525. The monoisotopic (exact) mass is 294 g/mol. The fourth-order valence-electron chi connectivity index (χ4n) is 1.87. The number of anilines is 1. The van der Waals surface area contributed by atoms with E-state index in [1.54, 1.807) is 6.20 Å². The molecular formula is C14H15ClN2OS. The fraction of sp³-hybridized carbons (Fsp3) is 0.286. The van der Waals surface area contributed by atoms with Gasteiger partial charge in [-0.15, -0.1) is 11.3 Å². The van der Waals surface area contributed by atoms with E-state index in [2.05, 4.69) is 17.2 Å². The lowest BCUT2D eigenvalue weighted by Gasteiger charge is -2.10. The van der Waals surface area contributed by atoms with Gasteiger partial charge in [0.15, 0.2) is 5.13 Å². The first kappa shape index (κ1) is 14.0.